The fraction of sp³-hybridized carbons (Fsp3) is 0.750. The predicted octanol–water partition coefficient (Wildman–Crippen LogP) is 2.68. The molecule has 8 nitrogen and oxygen atoms in total. The number of rotatable bonds is 2. The molecule has 1 aromatic rings. The zero-order valence-corrected chi connectivity index (χ0v) is 16.3. The van der Waals surface area contributed by atoms with E-state index in [2.05, 4.69) is 26.1 Å². The summed E-state index contributed by atoms with van der Waals surface area (Å²) in [6.45, 7) is 7.28. The molecule has 3 heterocycles. The topological polar surface area (TPSA) is 88.8 Å². The summed E-state index contributed by atoms with van der Waals surface area (Å²) >= 11 is 3.44. The molecule has 0 aliphatic carbocycles. The molecule has 0 spiro atoms. The van der Waals surface area contributed by atoms with Crippen molar-refractivity contribution in [3.8, 4) is 0 Å². The van der Waals surface area contributed by atoms with E-state index in [1.54, 1.807) is 4.90 Å². The van der Waals surface area contributed by atoms with Gasteiger partial charge in [-0.25, -0.2) is 4.79 Å². The van der Waals surface area contributed by atoms with E-state index < -0.39 is 5.60 Å². The van der Waals surface area contributed by atoms with Crippen molar-refractivity contribution in [1.82, 2.24) is 15.1 Å². The maximum absolute atomic E-state index is 12.1. The highest BCUT2D eigenvalue weighted by Gasteiger charge is 2.34. The van der Waals surface area contributed by atoms with E-state index >= 15 is 0 Å². The molecular weight excluding hydrogens is 392 g/mol. The van der Waals surface area contributed by atoms with Gasteiger partial charge in [-0.05, 0) is 33.6 Å². The third-order valence-corrected chi connectivity index (χ3v) is 4.85. The number of ether oxygens (including phenoxy) is 1. The number of anilines is 1. The second-order valence-electron chi connectivity index (χ2n) is 7.47. The molecule has 2 fully saturated rings. The Hall–Kier alpha value is -1.64. The van der Waals surface area contributed by atoms with Crippen LogP contribution in [0.15, 0.2) is 4.42 Å². The van der Waals surface area contributed by atoms with Crippen LogP contribution in [0.1, 0.15) is 51.8 Å². The number of amides is 2. The first-order chi connectivity index (χ1) is 11.7. The van der Waals surface area contributed by atoms with Crippen molar-refractivity contribution in [3.63, 3.8) is 0 Å². The monoisotopic (exact) mass is 414 g/mol. The number of hydrogen-bond acceptors (Lipinski definition) is 6. The first-order valence-corrected chi connectivity index (χ1v) is 9.40. The molecular formula is C16H23BrN4O4. The van der Waals surface area contributed by atoms with E-state index in [1.807, 2.05) is 20.8 Å². The molecule has 9 heteroatoms. The summed E-state index contributed by atoms with van der Waals surface area (Å²) in [5, 5.41) is 8.14. The Bertz CT molecular complexity index is 649. The van der Waals surface area contributed by atoms with E-state index in [9.17, 15) is 9.59 Å². The fourth-order valence-electron chi connectivity index (χ4n) is 2.98. The van der Waals surface area contributed by atoms with Crippen LogP contribution in [0, 0.1) is 0 Å². The smallest absolute Gasteiger partial charge is 0.410 e. The lowest BCUT2D eigenvalue weighted by molar-refractivity contribution is -0.117. The van der Waals surface area contributed by atoms with Crippen molar-refractivity contribution in [2.75, 3.05) is 24.5 Å². The molecule has 2 amide bonds. The summed E-state index contributed by atoms with van der Waals surface area (Å²) in [4.78, 5) is 27.4. The maximum atomic E-state index is 12.1. The van der Waals surface area contributed by atoms with Gasteiger partial charge in [0.25, 0.3) is 0 Å². The number of halogens is 1. The van der Waals surface area contributed by atoms with Crippen LogP contribution >= 0.6 is 15.9 Å². The zero-order valence-electron chi connectivity index (χ0n) is 14.7. The van der Waals surface area contributed by atoms with Crippen LogP contribution in [-0.2, 0) is 9.53 Å². The van der Waals surface area contributed by atoms with Gasteiger partial charge < -0.3 is 14.1 Å². The molecule has 1 aromatic heterocycles. The van der Waals surface area contributed by atoms with Crippen LogP contribution in [0.3, 0.4) is 0 Å². The van der Waals surface area contributed by atoms with Crippen LogP contribution < -0.4 is 4.90 Å². The summed E-state index contributed by atoms with van der Waals surface area (Å²) in [5.74, 6) is 0.610. The Morgan fingerprint density at radius 2 is 1.96 bits per heavy atom. The molecule has 0 bridgehead atoms. The summed E-state index contributed by atoms with van der Waals surface area (Å²) in [7, 11) is 0. The Kier molecular flexibility index (Phi) is 5.04. The average Bonchev–Trinajstić information content (AvgIpc) is 3.12. The van der Waals surface area contributed by atoms with Gasteiger partial charge in [0.1, 0.15) is 5.60 Å². The lowest BCUT2D eigenvalue weighted by Gasteiger charge is -2.32. The highest BCUT2D eigenvalue weighted by molar-refractivity contribution is 9.09. The van der Waals surface area contributed by atoms with E-state index in [0.717, 1.165) is 12.8 Å². The second-order valence-corrected chi connectivity index (χ2v) is 8.77. The first kappa shape index (κ1) is 18.2. The molecule has 2 saturated heterocycles. The fourth-order valence-corrected chi connectivity index (χ4v) is 3.55. The number of hydrogen-bond donors (Lipinski definition) is 0. The molecule has 138 valence electrons. The molecule has 3 rings (SSSR count). The minimum Gasteiger partial charge on any atom is -0.444 e. The Balaban J connectivity index is 1.57. The van der Waals surface area contributed by atoms with Crippen LogP contribution in [0.2, 0.25) is 0 Å². The Morgan fingerprint density at radius 3 is 2.52 bits per heavy atom. The van der Waals surface area contributed by atoms with Crippen molar-refractivity contribution in [2.45, 2.75) is 56.4 Å². The summed E-state index contributed by atoms with van der Waals surface area (Å²) in [5.41, 5.74) is -0.495. The van der Waals surface area contributed by atoms with Crippen molar-refractivity contribution in [2.24, 2.45) is 0 Å². The number of alkyl halides is 1. The average molecular weight is 415 g/mol. The molecule has 0 aromatic carbocycles. The summed E-state index contributed by atoms with van der Waals surface area (Å²) in [6.07, 6.45) is 1.61. The number of piperidine rings is 1. The highest BCUT2D eigenvalue weighted by Crippen LogP contribution is 2.31. The maximum Gasteiger partial charge on any atom is 0.410 e. The number of likely N-dealkylation sites (tertiary alicyclic amines) is 1. The first-order valence-electron chi connectivity index (χ1n) is 8.48. The Morgan fingerprint density at radius 1 is 1.28 bits per heavy atom. The van der Waals surface area contributed by atoms with Gasteiger partial charge in [0.05, 0.1) is 0 Å². The molecule has 0 radical (unpaired) electrons. The third kappa shape index (κ3) is 4.31. The van der Waals surface area contributed by atoms with Crippen LogP contribution in [0.25, 0.3) is 0 Å². The zero-order chi connectivity index (χ0) is 18.2. The minimum atomic E-state index is -0.495. The molecule has 0 N–H and O–H groups in total. The van der Waals surface area contributed by atoms with Gasteiger partial charge in [0.2, 0.25) is 11.8 Å². The third-order valence-electron chi connectivity index (χ3n) is 4.23. The molecule has 25 heavy (non-hydrogen) atoms. The second kappa shape index (κ2) is 6.93. The van der Waals surface area contributed by atoms with E-state index in [-0.39, 0.29) is 28.8 Å². The Labute approximate surface area is 155 Å². The molecule has 0 saturated carbocycles. The van der Waals surface area contributed by atoms with Gasteiger partial charge in [-0.15, -0.1) is 5.10 Å². The number of nitrogens with zero attached hydrogens (tertiary/aromatic N) is 4. The van der Waals surface area contributed by atoms with Crippen molar-refractivity contribution < 1.29 is 18.7 Å². The van der Waals surface area contributed by atoms with Crippen molar-refractivity contribution >= 4 is 33.9 Å². The van der Waals surface area contributed by atoms with Gasteiger partial charge in [-0.2, -0.15) is 0 Å². The van der Waals surface area contributed by atoms with Gasteiger partial charge in [-0.1, -0.05) is 21.0 Å². The largest absolute Gasteiger partial charge is 0.444 e. The van der Waals surface area contributed by atoms with Crippen molar-refractivity contribution in [3.05, 3.63) is 5.89 Å². The molecule has 2 aliphatic heterocycles. The summed E-state index contributed by atoms with van der Waals surface area (Å²) < 4.78 is 11.1. The predicted molar refractivity (Wildman–Crippen MR) is 93.8 cm³/mol. The quantitative estimate of drug-likeness (QED) is 0.691. The van der Waals surface area contributed by atoms with E-state index in [1.165, 1.54) is 4.90 Å². The molecule has 1 atom stereocenters. The van der Waals surface area contributed by atoms with Crippen LogP contribution in [0.4, 0.5) is 10.8 Å². The number of carbonyl (C=O) groups is 2. The lowest BCUT2D eigenvalue weighted by atomic mass is 9.97. The molecule has 2 aliphatic rings. The normalized spacial score (nSPS) is 22.6. The van der Waals surface area contributed by atoms with Gasteiger partial charge in [0, 0.05) is 36.8 Å². The SMILES string of the molecule is CC(C)(C)OC(=O)N1CCC(c2nnc(N3CC(Br)CC3=O)o2)CC1. The van der Waals surface area contributed by atoms with E-state index in [0.29, 0.717) is 31.9 Å². The number of aromatic nitrogens is 2. The van der Waals surface area contributed by atoms with Crippen LogP contribution in [0.5, 0.6) is 0 Å². The summed E-state index contributed by atoms with van der Waals surface area (Å²) in [6, 6.07) is 0.261. The number of carbonyl (C=O) groups excluding carboxylic acids is 2. The van der Waals surface area contributed by atoms with Gasteiger partial charge in [0.15, 0.2) is 0 Å². The standard InChI is InChI=1S/C16H23BrN4O4/c1-16(2,3)25-15(23)20-6-4-10(5-7-20)13-18-19-14(24-13)21-9-11(17)8-12(21)22/h10-11H,4-9H2,1-3H3. The van der Waals surface area contributed by atoms with Gasteiger partial charge in [-0.3, -0.25) is 9.69 Å². The minimum absolute atomic E-state index is 0.0168. The lowest BCUT2D eigenvalue weighted by Crippen LogP contribution is -2.41. The molecule has 1 unspecified atom stereocenters. The van der Waals surface area contributed by atoms with Crippen molar-refractivity contribution in [1.29, 1.82) is 0 Å². The van der Waals surface area contributed by atoms with E-state index in [4.69, 9.17) is 9.15 Å². The van der Waals surface area contributed by atoms with Gasteiger partial charge >= 0.3 is 12.1 Å². The highest BCUT2D eigenvalue weighted by atomic mass is 79.9. The van der Waals surface area contributed by atoms with Crippen LogP contribution in [-0.4, -0.2) is 57.2 Å².